The van der Waals surface area contributed by atoms with E-state index in [0.29, 0.717) is 23.7 Å². The maximum Gasteiger partial charge on any atom is 0.407 e. The molecule has 24 heavy (non-hydrogen) atoms. The molecule has 2 rings (SSSR count). The third kappa shape index (κ3) is 5.61. The minimum atomic E-state index is -0.530. The van der Waals surface area contributed by atoms with Gasteiger partial charge in [0.1, 0.15) is 11.4 Å². The third-order valence-corrected chi connectivity index (χ3v) is 2.82. The van der Waals surface area contributed by atoms with Crippen LogP contribution in [0, 0.1) is 11.3 Å². The molecule has 6 heteroatoms. The van der Waals surface area contributed by atoms with E-state index in [4.69, 9.17) is 14.7 Å². The lowest BCUT2D eigenvalue weighted by Crippen LogP contribution is -2.32. The van der Waals surface area contributed by atoms with E-state index in [1.807, 2.05) is 20.8 Å². The summed E-state index contributed by atoms with van der Waals surface area (Å²) in [7, 11) is 0. The number of rotatable bonds is 4. The maximum absolute atomic E-state index is 11.6. The number of hydrogen-bond acceptors (Lipinski definition) is 5. The molecule has 1 aromatic heterocycles. The Labute approximate surface area is 141 Å². The van der Waals surface area contributed by atoms with Gasteiger partial charge >= 0.3 is 6.09 Å². The highest BCUT2D eigenvalue weighted by Gasteiger charge is 2.15. The van der Waals surface area contributed by atoms with Crippen LogP contribution in [0.2, 0.25) is 0 Å². The first kappa shape index (κ1) is 17.3. The summed E-state index contributed by atoms with van der Waals surface area (Å²) in [5, 5.41) is 11.5. The molecule has 0 saturated heterocycles. The zero-order valence-electron chi connectivity index (χ0n) is 13.9. The van der Waals surface area contributed by atoms with Gasteiger partial charge < -0.3 is 14.8 Å². The van der Waals surface area contributed by atoms with Gasteiger partial charge in [-0.15, -0.1) is 0 Å². The normalized spacial score (nSPS) is 10.6. The average Bonchev–Trinajstić information content (AvgIpc) is 2.53. The molecule has 0 aliphatic carbocycles. The highest BCUT2D eigenvalue weighted by atomic mass is 16.6. The number of pyridine rings is 1. The number of carbonyl (C=O) groups is 1. The number of hydrogen-bond donors (Lipinski definition) is 1. The predicted molar refractivity (Wildman–Crippen MR) is 88.5 cm³/mol. The zero-order chi connectivity index (χ0) is 17.6. The van der Waals surface area contributed by atoms with Crippen molar-refractivity contribution in [2.45, 2.75) is 32.9 Å². The molecule has 0 spiro atoms. The zero-order valence-corrected chi connectivity index (χ0v) is 13.9. The minimum absolute atomic E-state index is 0.312. The largest absolute Gasteiger partial charge is 0.444 e. The highest BCUT2D eigenvalue weighted by molar-refractivity contribution is 5.67. The highest BCUT2D eigenvalue weighted by Crippen LogP contribution is 2.20. The van der Waals surface area contributed by atoms with Crippen LogP contribution < -0.4 is 10.1 Å². The van der Waals surface area contributed by atoms with Gasteiger partial charge in [0.25, 0.3) is 0 Å². The van der Waals surface area contributed by atoms with Crippen molar-refractivity contribution >= 4 is 6.09 Å². The molecular weight excluding hydrogens is 306 g/mol. The lowest BCUT2D eigenvalue weighted by atomic mass is 10.2. The molecule has 0 aliphatic rings. The number of nitrogens with zero attached hydrogens (tertiary/aromatic N) is 2. The van der Waals surface area contributed by atoms with Crippen LogP contribution >= 0.6 is 0 Å². The van der Waals surface area contributed by atoms with E-state index < -0.39 is 11.7 Å². The van der Waals surface area contributed by atoms with E-state index in [-0.39, 0.29) is 0 Å². The van der Waals surface area contributed by atoms with Crippen molar-refractivity contribution in [1.29, 1.82) is 5.26 Å². The Morgan fingerprint density at radius 2 is 2.08 bits per heavy atom. The van der Waals surface area contributed by atoms with Crippen LogP contribution in [0.4, 0.5) is 4.79 Å². The van der Waals surface area contributed by atoms with E-state index >= 15 is 0 Å². The lowest BCUT2D eigenvalue weighted by molar-refractivity contribution is 0.0523. The van der Waals surface area contributed by atoms with E-state index in [9.17, 15) is 4.79 Å². The summed E-state index contributed by atoms with van der Waals surface area (Å²) in [6.07, 6.45) is 1.14. The number of carbonyl (C=O) groups excluding carboxylic acids is 1. The van der Waals surface area contributed by atoms with Crippen molar-refractivity contribution in [2.75, 3.05) is 0 Å². The minimum Gasteiger partial charge on any atom is -0.444 e. The van der Waals surface area contributed by atoms with Crippen LogP contribution in [-0.2, 0) is 11.3 Å². The van der Waals surface area contributed by atoms with Crippen molar-refractivity contribution in [1.82, 2.24) is 10.3 Å². The molecule has 124 valence electrons. The van der Waals surface area contributed by atoms with Gasteiger partial charge in [-0.05, 0) is 44.5 Å². The summed E-state index contributed by atoms with van der Waals surface area (Å²) in [5.74, 6) is 0.951. The Morgan fingerprint density at radius 3 is 2.71 bits per heavy atom. The second kappa shape index (κ2) is 7.47. The number of aromatic nitrogens is 1. The Balaban J connectivity index is 1.91. The molecular formula is C18H19N3O3. The summed E-state index contributed by atoms with van der Waals surface area (Å²) in [6, 6.07) is 12.4. The summed E-state index contributed by atoms with van der Waals surface area (Å²) >= 11 is 0. The Hall–Kier alpha value is -3.07. The van der Waals surface area contributed by atoms with Gasteiger partial charge in [-0.3, -0.25) is 0 Å². The second-order valence-corrected chi connectivity index (χ2v) is 6.10. The molecule has 0 aliphatic heterocycles. The van der Waals surface area contributed by atoms with Crippen molar-refractivity contribution in [2.24, 2.45) is 0 Å². The van der Waals surface area contributed by atoms with Crippen LogP contribution in [0.25, 0.3) is 0 Å². The van der Waals surface area contributed by atoms with Gasteiger partial charge in [0.05, 0.1) is 11.6 Å². The standard InChI is InChI=1S/C18H19N3O3/c1-18(2,3)24-17(22)21-12-14-7-8-16(20-11-14)23-15-6-4-5-13(9-15)10-19/h4-9,11H,12H2,1-3H3,(H,21,22). The number of alkyl carbamates (subject to hydrolysis) is 1. The molecule has 0 fully saturated rings. The van der Waals surface area contributed by atoms with Gasteiger partial charge in [0, 0.05) is 18.8 Å². The van der Waals surface area contributed by atoms with Crippen LogP contribution in [0.15, 0.2) is 42.6 Å². The Bertz CT molecular complexity index is 743. The third-order valence-electron chi connectivity index (χ3n) is 2.82. The summed E-state index contributed by atoms with van der Waals surface area (Å²) in [5.41, 5.74) is 0.808. The molecule has 0 radical (unpaired) electrons. The van der Waals surface area contributed by atoms with E-state index in [1.165, 1.54) is 0 Å². The molecule has 1 amide bonds. The molecule has 0 bridgehead atoms. The molecule has 6 nitrogen and oxygen atoms in total. The van der Waals surface area contributed by atoms with E-state index in [0.717, 1.165) is 5.56 Å². The van der Waals surface area contributed by atoms with Gasteiger partial charge in [-0.25, -0.2) is 9.78 Å². The lowest BCUT2D eigenvalue weighted by Gasteiger charge is -2.19. The maximum atomic E-state index is 11.6. The predicted octanol–water partition coefficient (Wildman–Crippen LogP) is 3.77. The average molecular weight is 325 g/mol. The smallest absolute Gasteiger partial charge is 0.407 e. The quantitative estimate of drug-likeness (QED) is 0.925. The van der Waals surface area contributed by atoms with Gasteiger partial charge in [0.2, 0.25) is 5.88 Å². The number of benzene rings is 1. The summed E-state index contributed by atoms with van der Waals surface area (Å²) < 4.78 is 10.8. The van der Waals surface area contributed by atoms with E-state index in [2.05, 4.69) is 16.4 Å². The molecule has 2 aromatic rings. The number of nitrogens with one attached hydrogen (secondary N) is 1. The van der Waals surface area contributed by atoms with Crippen molar-refractivity contribution < 1.29 is 14.3 Å². The first-order chi connectivity index (χ1) is 11.4. The van der Waals surface area contributed by atoms with Gasteiger partial charge in [-0.2, -0.15) is 5.26 Å². The van der Waals surface area contributed by atoms with Gasteiger partial charge in [0.15, 0.2) is 0 Å². The molecule has 1 N–H and O–H groups in total. The molecule has 0 saturated carbocycles. The fourth-order valence-corrected chi connectivity index (χ4v) is 1.81. The number of nitriles is 1. The topological polar surface area (TPSA) is 84.2 Å². The van der Waals surface area contributed by atoms with E-state index in [1.54, 1.807) is 42.6 Å². The Morgan fingerprint density at radius 1 is 1.29 bits per heavy atom. The first-order valence-corrected chi connectivity index (χ1v) is 7.45. The van der Waals surface area contributed by atoms with Crippen molar-refractivity contribution in [3.05, 3.63) is 53.7 Å². The first-order valence-electron chi connectivity index (χ1n) is 7.45. The molecule has 1 heterocycles. The van der Waals surface area contributed by atoms with Crippen LogP contribution in [-0.4, -0.2) is 16.7 Å². The molecule has 0 atom stereocenters. The summed E-state index contributed by atoms with van der Waals surface area (Å²) in [4.78, 5) is 15.8. The number of ether oxygens (including phenoxy) is 2. The van der Waals surface area contributed by atoms with Crippen molar-refractivity contribution in [3.63, 3.8) is 0 Å². The van der Waals surface area contributed by atoms with Crippen LogP contribution in [0.5, 0.6) is 11.6 Å². The van der Waals surface area contributed by atoms with Crippen LogP contribution in [0.1, 0.15) is 31.9 Å². The number of amides is 1. The van der Waals surface area contributed by atoms with Crippen molar-refractivity contribution in [3.8, 4) is 17.7 Å². The molecule has 0 unspecified atom stereocenters. The second-order valence-electron chi connectivity index (χ2n) is 6.10. The SMILES string of the molecule is CC(C)(C)OC(=O)NCc1ccc(Oc2cccc(C#N)c2)nc1. The van der Waals surface area contributed by atoms with Gasteiger partial charge in [-0.1, -0.05) is 12.1 Å². The fourth-order valence-electron chi connectivity index (χ4n) is 1.81. The summed E-state index contributed by atoms with van der Waals surface area (Å²) in [6.45, 7) is 5.73. The monoisotopic (exact) mass is 325 g/mol. The van der Waals surface area contributed by atoms with Crippen LogP contribution in [0.3, 0.4) is 0 Å². The molecule has 1 aromatic carbocycles. The fraction of sp³-hybridized carbons (Fsp3) is 0.278. The Kier molecular flexibility index (Phi) is 5.38.